The minimum Gasteiger partial charge on any atom is -0.481 e. The van der Waals surface area contributed by atoms with Gasteiger partial charge in [0.05, 0.1) is 12.7 Å². The maximum atomic E-state index is 11.9. The molecule has 0 fully saturated rings. The van der Waals surface area contributed by atoms with Crippen molar-refractivity contribution in [3.8, 4) is 0 Å². The number of aliphatic carboxylic acids is 1. The van der Waals surface area contributed by atoms with Crippen molar-refractivity contribution in [2.24, 2.45) is 5.92 Å². The van der Waals surface area contributed by atoms with Crippen LogP contribution in [0.15, 0.2) is 22.8 Å². The first-order valence-corrected chi connectivity index (χ1v) is 7.19. The lowest BCUT2D eigenvalue weighted by Gasteiger charge is -2.22. The van der Waals surface area contributed by atoms with Gasteiger partial charge >= 0.3 is 12.0 Å². The summed E-state index contributed by atoms with van der Waals surface area (Å²) in [6.45, 7) is 5.67. The molecule has 0 aliphatic carbocycles. The van der Waals surface area contributed by atoms with Gasteiger partial charge in [-0.15, -0.1) is 0 Å². The van der Waals surface area contributed by atoms with Gasteiger partial charge in [0.25, 0.3) is 0 Å². The van der Waals surface area contributed by atoms with Crippen LogP contribution < -0.4 is 10.6 Å². The van der Waals surface area contributed by atoms with Gasteiger partial charge in [-0.3, -0.25) is 4.79 Å². The van der Waals surface area contributed by atoms with E-state index in [1.807, 2.05) is 32.9 Å². The monoisotopic (exact) mass is 296 g/mol. The van der Waals surface area contributed by atoms with E-state index in [1.165, 1.54) is 0 Å². The highest BCUT2D eigenvalue weighted by atomic mass is 16.4. The molecule has 6 heteroatoms. The van der Waals surface area contributed by atoms with Crippen molar-refractivity contribution in [2.45, 2.75) is 52.1 Å². The molecule has 21 heavy (non-hydrogen) atoms. The van der Waals surface area contributed by atoms with Crippen molar-refractivity contribution in [3.63, 3.8) is 0 Å². The molecule has 0 aliphatic heterocycles. The molecule has 1 aromatic rings. The summed E-state index contributed by atoms with van der Waals surface area (Å²) < 4.78 is 5.24. The number of carbonyl (C=O) groups is 2. The van der Waals surface area contributed by atoms with Crippen LogP contribution in [-0.4, -0.2) is 29.2 Å². The van der Waals surface area contributed by atoms with Crippen LogP contribution in [0.2, 0.25) is 0 Å². The molecule has 0 saturated carbocycles. The second-order valence-corrected chi connectivity index (χ2v) is 5.59. The van der Waals surface area contributed by atoms with E-state index in [4.69, 9.17) is 9.52 Å². The zero-order valence-electron chi connectivity index (χ0n) is 12.8. The number of urea groups is 1. The molecule has 0 aromatic carbocycles. The van der Waals surface area contributed by atoms with Gasteiger partial charge in [0.1, 0.15) is 5.76 Å². The Balaban J connectivity index is 2.35. The molecule has 0 radical (unpaired) electrons. The Morgan fingerprint density at radius 3 is 2.52 bits per heavy atom. The van der Waals surface area contributed by atoms with Crippen LogP contribution in [0.3, 0.4) is 0 Å². The second kappa shape index (κ2) is 8.34. The molecule has 2 unspecified atom stereocenters. The Hall–Kier alpha value is -1.98. The van der Waals surface area contributed by atoms with Crippen LogP contribution in [0.25, 0.3) is 0 Å². The highest BCUT2D eigenvalue weighted by Crippen LogP contribution is 2.07. The standard InChI is InChI=1S/C15H24N2O4/c1-10(2)13(9-14(18)19)17-15(20)16-11(3)6-7-12-5-4-8-21-12/h4-5,8,10-11,13H,6-7,9H2,1-3H3,(H,18,19)(H2,16,17,20). The highest BCUT2D eigenvalue weighted by Gasteiger charge is 2.20. The van der Waals surface area contributed by atoms with Crippen molar-refractivity contribution < 1.29 is 19.1 Å². The smallest absolute Gasteiger partial charge is 0.315 e. The number of carbonyl (C=O) groups excluding carboxylic acids is 1. The zero-order chi connectivity index (χ0) is 15.8. The summed E-state index contributed by atoms with van der Waals surface area (Å²) in [5.41, 5.74) is 0. The molecular weight excluding hydrogens is 272 g/mol. The van der Waals surface area contributed by atoms with E-state index < -0.39 is 5.97 Å². The van der Waals surface area contributed by atoms with Gasteiger partial charge in [-0.1, -0.05) is 13.8 Å². The fourth-order valence-corrected chi connectivity index (χ4v) is 1.96. The summed E-state index contributed by atoms with van der Waals surface area (Å²) in [6, 6.07) is 3.00. The first-order chi connectivity index (χ1) is 9.88. The third kappa shape index (κ3) is 6.83. The van der Waals surface area contributed by atoms with E-state index in [-0.39, 0.29) is 30.5 Å². The maximum absolute atomic E-state index is 11.9. The molecule has 0 bridgehead atoms. The van der Waals surface area contributed by atoms with E-state index >= 15 is 0 Å². The Kier molecular flexibility index (Phi) is 6.78. The highest BCUT2D eigenvalue weighted by molar-refractivity contribution is 5.76. The van der Waals surface area contributed by atoms with E-state index in [0.717, 1.165) is 18.6 Å². The summed E-state index contributed by atoms with van der Waals surface area (Å²) in [6.07, 6.45) is 3.05. The number of carboxylic acid groups (broad SMARTS) is 1. The van der Waals surface area contributed by atoms with Gasteiger partial charge in [-0.05, 0) is 31.4 Å². The summed E-state index contributed by atoms with van der Waals surface area (Å²) in [4.78, 5) is 22.6. The number of hydrogen-bond acceptors (Lipinski definition) is 3. The number of amides is 2. The molecule has 1 rings (SSSR count). The second-order valence-electron chi connectivity index (χ2n) is 5.59. The van der Waals surface area contributed by atoms with Crippen molar-refractivity contribution in [3.05, 3.63) is 24.2 Å². The van der Waals surface area contributed by atoms with E-state index in [0.29, 0.717) is 0 Å². The topological polar surface area (TPSA) is 91.6 Å². The average molecular weight is 296 g/mol. The van der Waals surface area contributed by atoms with Crippen LogP contribution in [0.1, 0.15) is 39.4 Å². The van der Waals surface area contributed by atoms with Crippen molar-refractivity contribution in [1.29, 1.82) is 0 Å². The first kappa shape index (κ1) is 17.1. The molecule has 0 spiro atoms. The average Bonchev–Trinajstić information content (AvgIpc) is 2.87. The largest absolute Gasteiger partial charge is 0.481 e. The number of carboxylic acids is 1. The minimum atomic E-state index is -0.917. The number of furan rings is 1. The summed E-state index contributed by atoms with van der Waals surface area (Å²) >= 11 is 0. The first-order valence-electron chi connectivity index (χ1n) is 7.19. The van der Waals surface area contributed by atoms with Crippen LogP contribution in [0, 0.1) is 5.92 Å². The van der Waals surface area contributed by atoms with Crippen molar-refractivity contribution >= 4 is 12.0 Å². The number of rotatable bonds is 8. The Morgan fingerprint density at radius 2 is 2.00 bits per heavy atom. The van der Waals surface area contributed by atoms with Gasteiger partial charge in [-0.25, -0.2) is 4.79 Å². The molecule has 2 amide bonds. The van der Waals surface area contributed by atoms with Gasteiger partial charge < -0.3 is 20.2 Å². The molecule has 1 heterocycles. The summed E-state index contributed by atoms with van der Waals surface area (Å²) in [5.74, 6) is 0.0279. The Morgan fingerprint density at radius 1 is 1.29 bits per heavy atom. The maximum Gasteiger partial charge on any atom is 0.315 e. The van der Waals surface area contributed by atoms with Gasteiger partial charge in [0, 0.05) is 18.5 Å². The quantitative estimate of drug-likeness (QED) is 0.687. The normalized spacial score (nSPS) is 13.7. The number of aryl methyl sites for hydroxylation is 1. The van der Waals surface area contributed by atoms with Crippen LogP contribution in [0.4, 0.5) is 4.79 Å². The molecule has 118 valence electrons. The number of nitrogens with one attached hydrogen (secondary N) is 2. The van der Waals surface area contributed by atoms with E-state index in [1.54, 1.807) is 6.26 Å². The van der Waals surface area contributed by atoms with Gasteiger partial charge in [0.15, 0.2) is 0 Å². The summed E-state index contributed by atoms with van der Waals surface area (Å²) in [5, 5.41) is 14.4. The zero-order valence-corrected chi connectivity index (χ0v) is 12.8. The van der Waals surface area contributed by atoms with Crippen molar-refractivity contribution in [1.82, 2.24) is 10.6 Å². The molecule has 0 saturated heterocycles. The lowest BCUT2D eigenvalue weighted by Crippen LogP contribution is -2.48. The molecule has 2 atom stereocenters. The lowest BCUT2D eigenvalue weighted by molar-refractivity contribution is -0.137. The summed E-state index contributed by atoms with van der Waals surface area (Å²) in [7, 11) is 0. The third-order valence-electron chi connectivity index (χ3n) is 3.30. The van der Waals surface area contributed by atoms with Gasteiger partial charge in [0.2, 0.25) is 0 Å². The van der Waals surface area contributed by atoms with Crippen LogP contribution >= 0.6 is 0 Å². The SMILES string of the molecule is CC(CCc1ccco1)NC(=O)NC(CC(=O)O)C(C)C. The predicted molar refractivity (Wildman–Crippen MR) is 79.0 cm³/mol. The van der Waals surface area contributed by atoms with Gasteiger partial charge in [-0.2, -0.15) is 0 Å². The number of hydrogen-bond donors (Lipinski definition) is 3. The molecule has 0 aliphatic rings. The minimum absolute atomic E-state index is 0.0206. The fraction of sp³-hybridized carbons (Fsp3) is 0.600. The molecule has 6 nitrogen and oxygen atoms in total. The van der Waals surface area contributed by atoms with Crippen molar-refractivity contribution in [2.75, 3.05) is 0 Å². The van der Waals surface area contributed by atoms with E-state index in [9.17, 15) is 9.59 Å². The predicted octanol–water partition coefficient (Wildman–Crippen LogP) is 2.40. The van der Waals surface area contributed by atoms with E-state index in [2.05, 4.69) is 10.6 Å². The van der Waals surface area contributed by atoms with Crippen LogP contribution in [0.5, 0.6) is 0 Å². The Bertz CT molecular complexity index is 443. The van der Waals surface area contributed by atoms with Crippen LogP contribution in [-0.2, 0) is 11.2 Å². The molecule has 1 aromatic heterocycles. The molecular formula is C15H24N2O4. The Labute approximate surface area is 124 Å². The lowest BCUT2D eigenvalue weighted by atomic mass is 10.0. The third-order valence-corrected chi connectivity index (χ3v) is 3.30. The fourth-order valence-electron chi connectivity index (χ4n) is 1.96. The molecule has 3 N–H and O–H groups in total.